The van der Waals surface area contributed by atoms with Crippen LogP contribution in [0.3, 0.4) is 0 Å². The molecule has 16 heteroatoms. The van der Waals surface area contributed by atoms with Crippen molar-refractivity contribution in [1.29, 1.82) is 5.26 Å². The zero-order chi connectivity index (χ0) is 32.1. The topological polar surface area (TPSA) is 172 Å². The molecular formula is C27H26F3N3O10. The van der Waals surface area contributed by atoms with E-state index in [9.17, 15) is 42.4 Å². The monoisotopic (exact) mass is 609 g/mol. The number of fused-ring (bicyclic) bond motifs is 1. The summed E-state index contributed by atoms with van der Waals surface area (Å²) in [7, 11) is 0.991. The highest BCUT2D eigenvalue weighted by molar-refractivity contribution is 5.89. The fourth-order valence-electron chi connectivity index (χ4n) is 4.54. The summed E-state index contributed by atoms with van der Waals surface area (Å²) in [6, 6.07) is 5.10. The highest BCUT2D eigenvalue weighted by atomic mass is 19.4. The van der Waals surface area contributed by atoms with Gasteiger partial charge in [-0.15, -0.1) is 0 Å². The maximum absolute atomic E-state index is 13.6. The number of carbonyl (C=O) groups excluding carboxylic acids is 5. The molecule has 1 amide bonds. The summed E-state index contributed by atoms with van der Waals surface area (Å²) in [5.41, 5.74) is -0.0616. The van der Waals surface area contributed by atoms with Gasteiger partial charge in [0.05, 0.1) is 19.2 Å². The number of hydrogen-bond donors (Lipinski definition) is 1. The first-order valence-corrected chi connectivity index (χ1v) is 12.5. The van der Waals surface area contributed by atoms with Crippen molar-refractivity contribution in [2.24, 2.45) is 0 Å². The fourth-order valence-corrected chi connectivity index (χ4v) is 4.54. The van der Waals surface area contributed by atoms with E-state index < -0.39 is 78.7 Å². The van der Waals surface area contributed by atoms with Gasteiger partial charge in [-0.1, -0.05) is 24.3 Å². The lowest BCUT2D eigenvalue weighted by Gasteiger charge is -2.42. The van der Waals surface area contributed by atoms with Crippen LogP contribution in [0.4, 0.5) is 13.2 Å². The maximum Gasteiger partial charge on any atom is 0.471 e. The summed E-state index contributed by atoms with van der Waals surface area (Å²) in [5, 5.41) is 12.7. The molecule has 0 fully saturated rings. The summed E-state index contributed by atoms with van der Waals surface area (Å²) in [4.78, 5) is 60.7. The van der Waals surface area contributed by atoms with E-state index in [1.165, 1.54) is 10.8 Å². The Morgan fingerprint density at radius 3 is 2.28 bits per heavy atom. The molecule has 0 aliphatic carbocycles. The first kappa shape index (κ1) is 32.4. The standard InChI is InChI=1S/C27H26F3N3O10/c1-13(34)40-12-21(41-14(2)35)23(42-15(3)36)24-22(32-26(38)27(28,29)30)18(9-20(43-24)25(37)39-4)33-11-16-7-5-6-8-17(16)19(33)10-31/h5-9,11,18,21-24H,12H2,1-4H3,(H,32,38)/t18-,21+,22+,23+,24+/m0/s1. The molecule has 0 unspecified atom stereocenters. The van der Waals surface area contributed by atoms with Crippen LogP contribution in [0.1, 0.15) is 32.5 Å². The Balaban J connectivity index is 2.32. The Morgan fingerprint density at radius 1 is 1.07 bits per heavy atom. The van der Waals surface area contributed by atoms with Gasteiger partial charge in [-0.3, -0.25) is 19.2 Å². The van der Waals surface area contributed by atoms with Crippen molar-refractivity contribution < 1.29 is 60.8 Å². The van der Waals surface area contributed by atoms with Crippen LogP contribution in [0.2, 0.25) is 0 Å². The van der Waals surface area contributed by atoms with Crippen LogP contribution >= 0.6 is 0 Å². The number of esters is 4. The second kappa shape index (κ2) is 13.3. The van der Waals surface area contributed by atoms with E-state index in [0.717, 1.165) is 34.0 Å². The number of halogens is 3. The molecule has 0 spiro atoms. The number of rotatable bonds is 9. The van der Waals surface area contributed by atoms with Crippen molar-refractivity contribution in [1.82, 2.24) is 9.88 Å². The summed E-state index contributed by atoms with van der Waals surface area (Å²) >= 11 is 0. The van der Waals surface area contributed by atoms with Gasteiger partial charge >= 0.3 is 36.0 Å². The number of nitrogens with one attached hydrogen (secondary N) is 1. The molecule has 0 radical (unpaired) electrons. The predicted octanol–water partition coefficient (Wildman–Crippen LogP) is 1.98. The van der Waals surface area contributed by atoms with Crippen molar-refractivity contribution in [3.8, 4) is 6.07 Å². The van der Waals surface area contributed by atoms with Crippen molar-refractivity contribution in [3.05, 3.63) is 48.0 Å². The van der Waals surface area contributed by atoms with Crippen molar-refractivity contribution in [2.75, 3.05) is 13.7 Å². The van der Waals surface area contributed by atoms with Gasteiger partial charge in [-0.2, -0.15) is 18.4 Å². The second-order valence-corrected chi connectivity index (χ2v) is 9.20. The van der Waals surface area contributed by atoms with Crippen molar-refractivity contribution >= 4 is 40.6 Å². The van der Waals surface area contributed by atoms with Crippen molar-refractivity contribution in [3.63, 3.8) is 0 Å². The molecule has 13 nitrogen and oxygen atoms in total. The highest BCUT2D eigenvalue weighted by Crippen LogP contribution is 2.36. The number of carbonyl (C=O) groups is 5. The lowest BCUT2D eigenvalue weighted by Crippen LogP contribution is -2.61. The molecular weight excluding hydrogens is 583 g/mol. The van der Waals surface area contributed by atoms with Crippen LogP contribution in [0.5, 0.6) is 0 Å². The van der Waals surface area contributed by atoms with Gasteiger partial charge < -0.3 is 33.6 Å². The summed E-state index contributed by atoms with van der Waals surface area (Å²) in [5.74, 6) is -7.00. The quantitative estimate of drug-likeness (QED) is 0.325. The van der Waals surface area contributed by atoms with Crippen LogP contribution < -0.4 is 5.32 Å². The first-order chi connectivity index (χ1) is 20.2. The zero-order valence-electron chi connectivity index (χ0n) is 23.2. The molecule has 1 aromatic heterocycles. The summed E-state index contributed by atoms with van der Waals surface area (Å²) < 4.78 is 67.8. The normalized spacial score (nSPS) is 19.5. The molecule has 1 aliphatic rings. The van der Waals surface area contributed by atoms with Gasteiger partial charge in [0.1, 0.15) is 18.4 Å². The Kier molecular flexibility index (Phi) is 10.0. The Hall–Kier alpha value is -5.07. The third kappa shape index (κ3) is 7.61. The number of nitrogens with zero attached hydrogens (tertiary/aromatic N) is 2. The minimum absolute atomic E-state index is 0.0616. The van der Waals surface area contributed by atoms with E-state index in [1.807, 2.05) is 6.07 Å². The molecule has 3 rings (SSSR count). The second-order valence-electron chi connectivity index (χ2n) is 9.20. The van der Waals surface area contributed by atoms with E-state index >= 15 is 0 Å². The maximum atomic E-state index is 13.6. The van der Waals surface area contributed by atoms with E-state index in [0.29, 0.717) is 10.8 Å². The van der Waals surface area contributed by atoms with E-state index in [2.05, 4.69) is 0 Å². The van der Waals surface area contributed by atoms with E-state index in [-0.39, 0.29) is 5.69 Å². The molecule has 5 atom stereocenters. The molecule has 1 aromatic carbocycles. The fraction of sp³-hybridized carbons (Fsp3) is 0.407. The van der Waals surface area contributed by atoms with E-state index in [4.69, 9.17) is 23.7 Å². The van der Waals surface area contributed by atoms with E-state index in [1.54, 1.807) is 29.6 Å². The van der Waals surface area contributed by atoms with Gasteiger partial charge in [0.25, 0.3) is 0 Å². The van der Waals surface area contributed by atoms with Gasteiger partial charge in [-0.25, -0.2) is 4.79 Å². The third-order valence-corrected chi connectivity index (χ3v) is 6.19. The largest absolute Gasteiger partial charge is 0.477 e. The molecule has 1 aliphatic heterocycles. The SMILES string of the molecule is COC(=O)C1=C[C@H](n2cc3ccccc3c2C#N)[C@@H](NC(=O)C(F)(F)F)[C@H]([C@H](OC(C)=O)[C@@H](COC(C)=O)OC(C)=O)O1. The Bertz CT molecular complexity index is 1490. The number of hydrogen-bond acceptors (Lipinski definition) is 11. The van der Waals surface area contributed by atoms with Gasteiger partial charge in [0, 0.05) is 37.7 Å². The number of methoxy groups -OCH3 is 1. The predicted molar refractivity (Wildman–Crippen MR) is 136 cm³/mol. The minimum Gasteiger partial charge on any atom is -0.477 e. The number of benzene rings is 1. The lowest BCUT2D eigenvalue weighted by atomic mass is 9.91. The number of ether oxygens (including phenoxy) is 5. The average Bonchev–Trinajstić information content (AvgIpc) is 3.31. The highest BCUT2D eigenvalue weighted by Gasteiger charge is 2.51. The average molecular weight is 610 g/mol. The summed E-state index contributed by atoms with van der Waals surface area (Å²) in [6.45, 7) is 2.15. The molecule has 230 valence electrons. The van der Waals surface area contributed by atoms with Crippen LogP contribution in [0.15, 0.2) is 42.3 Å². The number of amides is 1. The third-order valence-electron chi connectivity index (χ3n) is 6.19. The van der Waals surface area contributed by atoms with Gasteiger partial charge in [-0.05, 0) is 6.08 Å². The number of alkyl halides is 3. The smallest absolute Gasteiger partial charge is 0.471 e. The van der Waals surface area contributed by atoms with Gasteiger partial charge in [0.15, 0.2) is 18.3 Å². The first-order valence-electron chi connectivity index (χ1n) is 12.5. The van der Waals surface area contributed by atoms with Crippen LogP contribution in [0, 0.1) is 11.3 Å². The summed E-state index contributed by atoms with van der Waals surface area (Å²) in [6.07, 6.45) is -8.48. The molecule has 0 saturated heterocycles. The molecule has 43 heavy (non-hydrogen) atoms. The Labute approximate surface area is 242 Å². The molecule has 0 saturated carbocycles. The number of aromatic nitrogens is 1. The van der Waals surface area contributed by atoms with Crippen LogP contribution in [-0.4, -0.2) is 78.6 Å². The molecule has 2 aromatic rings. The van der Waals surface area contributed by atoms with Crippen LogP contribution in [0.25, 0.3) is 10.8 Å². The molecule has 1 N–H and O–H groups in total. The van der Waals surface area contributed by atoms with Crippen LogP contribution in [-0.2, 0) is 47.7 Å². The molecule has 2 heterocycles. The Morgan fingerprint density at radius 2 is 1.72 bits per heavy atom. The lowest BCUT2D eigenvalue weighted by molar-refractivity contribution is -0.191. The molecule has 0 bridgehead atoms. The zero-order valence-corrected chi connectivity index (χ0v) is 23.2. The van der Waals surface area contributed by atoms with Gasteiger partial charge in [0.2, 0.25) is 5.76 Å². The minimum atomic E-state index is -5.41. The number of nitriles is 1. The van der Waals surface area contributed by atoms with Crippen molar-refractivity contribution in [2.45, 2.75) is 57.3 Å².